The van der Waals surface area contributed by atoms with Crippen molar-refractivity contribution in [3.63, 3.8) is 0 Å². The molecule has 1 saturated heterocycles. The molecule has 1 aliphatic heterocycles. The number of piperidine rings is 1. The summed E-state index contributed by atoms with van der Waals surface area (Å²) in [6.07, 6.45) is 3.70. The fourth-order valence-electron chi connectivity index (χ4n) is 2.58. The summed E-state index contributed by atoms with van der Waals surface area (Å²) in [6, 6.07) is 0.521. The Morgan fingerprint density at radius 2 is 2.05 bits per heavy atom. The van der Waals surface area contributed by atoms with Crippen molar-refractivity contribution in [3.8, 4) is 0 Å². The van der Waals surface area contributed by atoms with Gasteiger partial charge >= 0.3 is 12.0 Å². The van der Waals surface area contributed by atoms with Crippen molar-refractivity contribution in [3.05, 3.63) is 0 Å². The van der Waals surface area contributed by atoms with Crippen molar-refractivity contribution in [1.29, 1.82) is 0 Å². The molecule has 2 amide bonds. The van der Waals surface area contributed by atoms with Crippen LogP contribution in [0, 0.1) is 0 Å². The van der Waals surface area contributed by atoms with Crippen LogP contribution >= 0.6 is 0 Å². The van der Waals surface area contributed by atoms with Crippen LogP contribution in [0.15, 0.2) is 0 Å². The molecule has 2 atom stereocenters. The Hall–Kier alpha value is -1.30. The summed E-state index contributed by atoms with van der Waals surface area (Å²) in [7, 11) is 2.09. The molecule has 19 heavy (non-hydrogen) atoms. The fraction of sp³-hybridized carbons (Fsp3) is 0.846. The zero-order chi connectivity index (χ0) is 14.0. The minimum Gasteiger partial charge on any atom is -0.480 e. The number of carbonyl (C=O) groups excluding carboxylic acids is 1. The average molecular weight is 269 g/mol. The first-order chi connectivity index (χ1) is 8.97. The zero-order valence-corrected chi connectivity index (χ0v) is 11.6. The number of urea groups is 1. The molecule has 0 spiro atoms. The normalized spacial score (nSPS) is 27.9. The molecule has 0 radical (unpaired) electrons. The molecule has 2 N–H and O–H groups in total. The number of carboxylic acid groups (broad SMARTS) is 1. The Morgan fingerprint density at radius 1 is 1.37 bits per heavy atom. The Bertz CT molecular complexity index is 357. The number of hydrogen-bond donors (Lipinski definition) is 2. The number of nitrogens with zero attached hydrogens (tertiary/aromatic N) is 2. The van der Waals surface area contributed by atoms with Crippen molar-refractivity contribution in [2.75, 3.05) is 20.1 Å². The molecule has 2 rings (SSSR count). The number of amides is 2. The number of carbonyl (C=O) groups is 2. The van der Waals surface area contributed by atoms with Crippen molar-refractivity contribution >= 4 is 12.0 Å². The highest BCUT2D eigenvalue weighted by Gasteiger charge is 2.35. The van der Waals surface area contributed by atoms with Gasteiger partial charge in [-0.2, -0.15) is 0 Å². The lowest BCUT2D eigenvalue weighted by atomic mass is 9.99. The van der Waals surface area contributed by atoms with Gasteiger partial charge in [-0.15, -0.1) is 0 Å². The number of likely N-dealkylation sites (tertiary alicyclic amines) is 1. The maximum absolute atomic E-state index is 12.2. The summed E-state index contributed by atoms with van der Waals surface area (Å²) < 4.78 is 0. The minimum atomic E-state index is -0.946. The quantitative estimate of drug-likeness (QED) is 0.789. The third kappa shape index (κ3) is 3.83. The number of rotatable bonds is 4. The van der Waals surface area contributed by atoms with Gasteiger partial charge in [-0.25, -0.2) is 4.79 Å². The molecule has 0 bridgehead atoms. The van der Waals surface area contributed by atoms with Gasteiger partial charge in [0.1, 0.15) is 6.54 Å². The largest absolute Gasteiger partial charge is 0.480 e. The first kappa shape index (κ1) is 14.1. The first-order valence-corrected chi connectivity index (χ1v) is 6.96. The first-order valence-electron chi connectivity index (χ1n) is 6.96. The zero-order valence-electron chi connectivity index (χ0n) is 11.6. The minimum absolute atomic E-state index is 0.125. The van der Waals surface area contributed by atoms with Gasteiger partial charge in [0, 0.05) is 24.7 Å². The second-order valence-electron chi connectivity index (χ2n) is 5.75. The summed E-state index contributed by atoms with van der Waals surface area (Å²) in [5.41, 5.74) is 0. The molecule has 6 heteroatoms. The second-order valence-corrected chi connectivity index (χ2v) is 5.75. The topological polar surface area (TPSA) is 72.9 Å². The maximum atomic E-state index is 12.2. The van der Waals surface area contributed by atoms with Crippen LogP contribution in [0.25, 0.3) is 0 Å². The van der Waals surface area contributed by atoms with E-state index in [-0.39, 0.29) is 24.7 Å². The van der Waals surface area contributed by atoms with Gasteiger partial charge in [-0.1, -0.05) is 0 Å². The van der Waals surface area contributed by atoms with Crippen molar-refractivity contribution in [1.82, 2.24) is 15.1 Å². The third-order valence-electron chi connectivity index (χ3n) is 4.09. The van der Waals surface area contributed by atoms with Crippen LogP contribution in [0.2, 0.25) is 0 Å². The van der Waals surface area contributed by atoms with Crippen LogP contribution in [-0.4, -0.2) is 65.2 Å². The summed E-state index contributed by atoms with van der Waals surface area (Å²) >= 11 is 0. The predicted molar refractivity (Wildman–Crippen MR) is 71.0 cm³/mol. The Kier molecular flexibility index (Phi) is 4.29. The van der Waals surface area contributed by atoms with Crippen LogP contribution in [0.3, 0.4) is 0 Å². The molecule has 0 aromatic heterocycles. The monoisotopic (exact) mass is 269 g/mol. The van der Waals surface area contributed by atoms with Crippen LogP contribution in [0.5, 0.6) is 0 Å². The number of nitrogens with one attached hydrogen (secondary N) is 1. The molecule has 108 valence electrons. The van der Waals surface area contributed by atoms with Crippen LogP contribution in [-0.2, 0) is 4.79 Å². The van der Waals surface area contributed by atoms with Crippen molar-refractivity contribution < 1.29 is 14.7 Å². The molecule has 1 saturated carbocycles. The molecule has 1 heterocycles. The Labute approximate surface area is 113 Å². The maximum Gasteiger partial charge on any atom is 0.323 e. The highest BCUT2D eigenvalue weighted by Crippen LogP contribution is 2.27. The van der Waals surface area contributed by atoms with E-state index in [0.29, 0.717) is 6.04 Å². The van der Waals surface area contributed by atoms with Gasteiger partial charge in [0.05, 0.1) is 0 Å². The van der Waals surface area contributed by atoms with Crippen LogP contribution in [0.4, 0.5) is 4.79 Å². The van der Waals surface area contributed by atoms with Crippen molar-refractivity contribution in [2.45, 2.75) is 50.7 Å². The third-order valence-corrected chi connectivity index (χ3v) is 4.09. The van der Waals surface area contributed by atoms with Gasteiger partial charge in [0.15, 0.2) is 0 Å². The molecule has 6 nitrogen and oxygen atoms in total. The summed E-state index contributed by atoms with van der Waals surface area (Å²) in [6.45, 7) is 2.92. The standard InChI is InChI=1S/C13H23N3O3/c1-9-7-10(5-6-15(9)2)14-13(19)16(8-12(17)18)11-3-4-11/h9-11H,3-8H2,1-2H3,(H,14,19)(H,17,18). The number of aliphatic carboxylic acids is 1. The number of carboxylic acids is 1. The fourth-order valence-corrected chi connectivity index (χ4v) is 2.58. The SMILES string of the molecule is CC1CC(NC(=O)N(CC(=O)O)C2CC2)CCN1C. The van der Waals surface area contributed by atoms with Gasteiger partial charge in [-0.05, 0) is 39.7 Å². The Balaban J connectivity index is 1.86. The highest BCUT2D eigenvalue weighted by atomic mass is 16.4. The average Bonchev–Trinajstić information content (AvgIpc) is 3.14. The molecular formula is C13H23N3O3. The van der Waals surface area contributed by atoms with Crippen molar-refractivity contribution in [2.24, 2.45) is 0 Å². The highest BCUT2D eigenvalue weighted by molar-refractivity contribution is 5.80. The van der Waals surface area contributed by atoms with E-state index in [0.717, 1.165) is 32.2 Å². The number of hydrogen-bond acceptors (Lipinski definition) is 3. The van der Waals surface area contributed by atoms with Crippen LogP contribution in [0.1, 0.15) is 32.6 Å². The lowest BCUT2D eigenvalue weighted by Gasteiger charge is -2.36. The molecule has 0 aromatic carbocycles. The molecule has 0 aromatic rings. The van der Waals surface area contributed by atoms with Gasteiger partial charge in [-0.3, -0.25) is 4.79 Å². The predicted octanol–water partition coefficient (Wildman–Crippen LogP) is 0.728. The van der Waals surface area contributed by atoms with E-state index in [1.807, 2.05) is 0 Å². The van der Waals surface area contributed by atoms with E-state index in [1.165, 1.54) is 4.90 Å². The van der Waals surface area contributed by atoms with Gasteiger partial charge in [0.25, 0.3) is 0 Å². The summed E-state index contributed by atoms with van der Waals surface area (Å²) in [5, 5.41) is 11.9. The second kappa shape index (κ2) is 5.77. The van der Waals surface area contributed by atoms with E-state index in [4.69, 9.17) is 5.11 Å². The molecular weight excluding hydrogens is 246 g/mol. The van der Waals surface area contributed by atoms with E-state index in [1.54, 1.807) is 0 Å². The molecule has 2 unspecified atom stereocenters. The van der Waals surface area contributed by atoms with E-state index >= 15 is 0 Å². The van der Waals surface area contributed by atoms with Gasteiger partial charge in [0.2, 0.25) is 0 Å². The smallest absolute Gasteiger partial charge is 0.323 e. The molecule has 2 fully saturated rings. The molecule has 1 aliphatic carbocycles. The lowest BCUT2D eigenvalue weighted by molar-refractivity contribution is -0.137. The Morgan fingerprint density at radius 3 is 2.58 bits per heavy atom. The van der Waals surface area contributed by atoms with E-state index in [2.05, 4.69) is 24.2 Å². The van der Waals surface area contributed by atoms with Gasteiger partial charge < -0.3 is 20.2 Å². The summed E-state index contributed by atoms with van der Waals surface area (Å²) in [4.78, 5) is 26.7. The van der Waals surface area contributed by atoms with E-state index < -0.39 is 5.97 Å². The lowest BCUT2D eigenvalue weighted by Crippen LogP contribution is -2.52. The van der Waals surface area contributed by atoms with Crippen LogP contribution < -0.4 is 5.32 Å². The summed E-state index contributed by atoms with van der Waals surface area (Å²) in [5.74, 6) is -0.946. The molecule has 2 aliphatic rings. The van der Waals surface area contributed by atoms with E-state index in [9.17, 15) is 9.59 Å².